The summed E-state index contributed by atoms with van der Waals surface area (Å²) in [5.41, 5.74) is 3.11. The number of nitrogens with zero attached hydrogens (tertiary/aromatic N) is 1. The van der Waals surface area contributed by atoms with Crippen LogP contribution in [0.4, 0.5) is 4.79 Å². The lowest BCUT2D eigenvalue weighted by atomic mass is 9.85. The summed E-state index contributed by atoms with van der Waals surface area (Å²) < 4.78 is 0. The molecule has 2 aliphatic rings. The van der Waals surface area contributed by atoms with Gasteiger partial charge in [-0.2, -0.15) is 0 Å². The number of carbonyl (C=O) groups excluding carboxylic acids is 3. The highest BCUT2D eigenvalue weighted by Gasteiger charge is 2.48. The maximum atomic E-state index is 13.2. The molecule has 4 amide bonds. The van der Waals surface area contributed by atoms with Crippen LogP contribution < -0.4 is 10.6 Å². The zero-order valence-electron chi connectivity index (χ0n) is 17.4. The Hall–Kier alpha value is -3.15. The number of benzene rings is 2. The van der Waals surface area contributed by atoms with E-state index in [1.54, 1.807) is 0 Å². The van der Waals surface area contributed by atoms with E-state index in [9.17, 15) is 14.4 Å². The van der Waals surface area contributed by atoms with Crippen LogP contribution in [0.15, 0.2) is 48.5 Å². The quantitative estimate of drug-likeness (QED) is 0.748. The molecule has 0 radical (unpaired) electrons. The molecule has 2 heterocycles. The normalized spacial score (nSPS) is 23.4. The van der Waals surface area contributed by atoms with Crippen molar-refractivity contribution in [1.82, 2.24) is 15.5 Å². The standard InChI is InChI=1S/C24H27N3O3/c1-16-10-11-18(15-17(16)2)20-9-6-14-27(20)21(28)12-13-24(19-7-4-3-5-8-19)22(29)25-23(30)26-24/h3-5,7-8,10-11,15,20H,6,9,12-14H2,1-2H3,(H2,25,26,29,30)/t20-,24+/m0/s1. The maximum Gasteiger partial charge on any atom is 0.322 e. The van der Waals surface area contributed by atoms with E-state index in [4.69, 9.17) is 0 Å². The minimum Gasteiger partial charge on any atom is -0.336 e. The van der Waals surface area contributed by atoms with Crippen LogP contribution in [0.3, 0.4) is 0 Å². The molecule has 2 fully saturated rings. The molecule has 0 saturated carbocycles. The molecule has 30 heavy (non-hydrogen) atoms. The van der Waals surface area contributed by atoms with Crippen molar-refractivity contribution in [3.05, 3.63) is 70.8 Å². The van der Waals surface area contributed by atoms with Crippen molar-refractivity contribution in [3.8, 4) is 0 Å². The molecule has 2 saturated heterocycles. The number of aryl methyl sites for hydroxylation is 2. The Balaban J connectivity index is 1.53. The Morgan fingerprint density at radius 3 is 2.53 bits per heavy atom. The predicted molar refractivity (Wildman–Crippen MR) is 114 cm³/mol. The topological polar surface area (TPSA) is 78.5 Å². The second-order valence-electron chi connectivity index (χ2n) is 8.27. The van der Waals surface area contributed by atoms with E-state index in [-0.39, 0.29) is 24.8 Å². The lowest BCUT2D eigenvalue weighted by molar-refractivity contribution is -0.133. The molecule has 2 aliphatic heterocycles. The molecule has 6 nitrogen and oxygen atoms in total. The van der Waals surface area contributed by atoms with Gasteiger partial charge in [-0.1, -0.05) is 48.5 Å². The monoisotopic (exact) mass is 405 g/mol. The van der Waals surface area contributed by atoms with Crippen molar-refractivity contribution in [2.24, 2.45) is 0 Å². The van der Waals surface area contributed by atoms with Crippen LogP contribution in [0.25, 0.3) is 0 Å². The predicted octanol–water partition coefficient (Wildman–Crippen LogP) is 3.48. The van der Waals surface area contributed by atoms with Crippen LogP contribution in [-0.4, -0.2) is 29.3 Å². The van der Waals surface area contributed by atoms with Crippen molar-refractivity contribution >= 4 is 17.8 Å². The fourth-order valence-electron chi connectivity index (χ4n) is 4.56. The fraction of sp³-hybridized carbons (Fsp3) is 0.375. The van der Waals surface area contributed by atoms with Gasteiger partial charge in [-0.15, -0.1) is 0 Å². The van der Waals surface area contributed by atoms with Crippen LogP contribution in [-0.2, 0) is 15.1 Å². The van der Waals surface area contributed by atoms with E-state index in [1.165, 1.54) is 11.1 Å². The Labute approximate surface area is 176 Å². The van der Waals surface area contributed by atoms with Gasteiger partial charge in [0.1, 0.15) is 5.54 Å². The molecule has 0 unspecified atom stereocenters. The van der Waals surface area contributed by atoms with Gasteiger partial charge in [-0.3, -0.25) is 14.9 Å². The van der Waals surface area contributed by atoms with E-state index in [0.29, 0.717) is 12.1 Å². The van der Waals surface area contributed by atoms with E-state index < -0.39 is 17.5 Å². The number of amides is 4. The zero-order valence-corrected chi connectivity index (χ0v) is 17.4. The summed E-state index contributed by atoms with van der Waals surface area (Å²) in [5.74, 6) is -0.390. The number of hydrogen-bond donors (Lipinski definition) is 2. The zero-order chi connectivity index (χ0) is 21.3. The molecule has 156 valence electrons. The third kappa shape index (κ3) is 3.58. The van der Waals surface area contributed by atoms with Crippen molar-refractivity contribution < 1.29 is 14.4 Å². The first-order valence-corrected chi connectivity index (χ1v) is 10.5. The summed E-state index contributed by atoms with van der Waals surface area (Å²) in [6.45, 7) is 4.89. The summed E-state index contributed by atoms with van der Waals surface area (Å²) in [4.78, 5) is 39.7. The summed E-state index contributed by atoms with van der Waals surface area (Å²) in [6, 6.07) is 15.1. The van der Waals surface area contributed by atoms with Crippen LogP contribution in [0.1, 0.15) is 54.0 Å². The average Bonchev–Trinajstić information content (AvgIpc) is 3.34. The number of imide groups is 1. The van der Waals surface area contributed by atoms with Crippen LogP contribution >= 0.6 is 0 Å². The van der Waals surface area contributed by atoms with Crippen LogP contribution in [0.2, 0.25) is 0 Å². The number of likely N-dealkylation sites (tertiary alicyclic amines) is 1. The summed E-state index contributed by atoms with van der Waals surface area (Å²) >= 11 is 0. The Kier molecular flexibility index (Phi) is 5.33. The maximum absolute atomic E-state index is 13.2. The molecule has 2 aromatic rings. The summed E-state index contributed by atoms with van der Waals surface area (Å²) in [5, 5.41) is 5.10. The average molecular weight is 405 g/mol. The molecule has 0 spiro atoms. The van der Waals surface area contributed by atoms with Crippen molar-refractivity contribution in [2.75, 3.05) is 6.54 Å². The lowest BCUT2D eigenvalue weighted by Gasteiger charge is -2.29. The summed E-state index contributed by atoms with van der Waals surface area (Å²) in [6.07, 6.45) is 2.31. The molecule has 6 heteroatoms. The van der Waals surface area contributed by atoms with Crippen molar-refractivity contribution in [3.63, 3.8) is 0 Å². The molecular formula is C24H27N3O3. The van der Waals surface area contributed by atoms with Gasteiger partial charge in [0, 0.05) is 13.0 Å². The fourth-order valence-corrected chi connectivity index (χ4v) is 4.56. The van der Waals surface area contributed by atoms with Gasteiger partial charge in [0.2, 0.25) is 5.91 Å². The molecule has 2 atom stereocenters. The molecule has 0 bridgehead atoms. The Bertz CT molecular complexity index is 988. The first-order chi connectivity index (χ1) is 14.4. The van der Waals surface area contributed by atoms with Gasteiger partial charge in [0.05, 0.1) is 6.04 Å². The third-order valence-corrected chi connectivity index (χ3v) is 6.41. The number of nitrogens with one attached hydrogen (secondary N) is 2. The van der Waals surface area contributed by atoms with E-state index in [0.717, 1.165) is 18.4 Å². The van der Waals surface area contributed by atoms with Crippen LogP contribution in [0.5, 0.6) is 0 Å². The van der Waals surface area contributed by atoms with E-state index >= 15 is 0 Å². The van der Waals surface area contributed by atoms with Gasteiger partial charge in [0.25, 0.3) is 5.91 Å². The van der Waals surface area contributed by atoms with Gasteiger partial charge >= 0.3 is 6.03 Å². The largest absolute Gasteiger partial charge is 0.336 e. The highest BCUT2D eigenvalue weighted by atomic mass is 16.2. The minimum atomic E-state index is -1.20. The number of hydrogen-bond acceptors (Lipinski definition) is 3. The van der Waals surface area contributed by atoms with Gasteiger partial charge in [-0.05, 0) is 55.4 Å². The van der Waals surface area contributed by atoms with Crippen molar-refractivity contribution in [1.29, 1.82) is 0 Å². The van der Waals surface area contributed by atoms with Crippen LogP contribution in [0, 0.1) is 13.8 Å². The molecule has 2 N–H and O–H groups in total. The first-order valence-electron chi connectivity index (χ1n) is 10.5. The second kappa shape index (κ2) is 7.94. The van der Waals surface area contributed by atoms with Gasteiger partial charge in [0.15, 0.2) is 0 Å². The molecule has 0 aromatic heterocycles. The van der Waals surface area contributed by atoms with Crippen molar-refractivity contribution in [2.45, 2.75) is 51.1 Å². The highest BCUT2D eigenvalue weighted by Crippen LogP contribution is 2.35. The van der Waals surface area contributed by atoms with E-state index in [2.05, 4.69) is 42.7 Å². The highest BCUT2D eigenvalue weighted by molar-refractivity contribution is 6.07. The summed E-state index contributed by atoms with van der Waals surface area (Å²) in [7, 11) is 0. The smallest absolute Gasteiger partial charge is 0.322 e. The molecule has 2 aromatic carbocycles. The lowest BCUT2D eigenvalue weighted by Crippen LogP contribution is -2.45. The second-order valence-corrected chi connectivity index (χ2v) is 8.27. The third-order valence-electron chi connectivity index (χ3n) is 6.41. The Morgan fingerprint density at radius 2 is 1.87 bits per heavy atom. The minimum absolute atomic E-state index is 0.0139. The number of urea groups is 1. The van der Waals surface area contributed by atoms with Gasteiger partial charge < -0.3 is 10.2 Å². The molecule has 0 aliphatic carbocycles. The molecular weight excluding hydrogens is 378 g/mol. The molecule has 4 rings (SSSR count). The SMILES string of the molecule is Cc1ccc([C@@H]2CCCN2C(=O)CC[C@]2(c3ccccc3)NC(=O)NC2=O)cc1C. The first kappa shape index (κ1) is 20.1. The Morgan fingerprint density at radius 1 is 1.10 bits per heavy atom. The van der Waals surface area contributed by atoms with Gasteiger partial charge in [-0.25, -0.2) is 4.79 Å². The van der Waals surface area contributed by atoms with E-state index in [1.807, 2.05) is 35.2 Å². The number of rotatable bonds is 5. The number of carbonyl (C=O) groups is 3.